The molecule has 0 radical (unpaired) electrons. The number of amides is 1. The number of carbonyl (C=O) groups is 1. The monoisotopic (exact) mass is 357 g/mol. The first-order valence-electron chi connectivity index (χ1n) is 8.85. The highest BCUT2D eigenvalue weighted by Crippen LogP contribution is 2.40. The minimum absolute atomic E-state index is 0.0743. The van der Waals surface area contributed by atoms with Crippen molar-refractivity contribution >= 4 is 17.2 Å². The number of nitrogens with zero attached hydrogens (tertiary/aromatic N) is 1. The number of hydrogen-bond donors (Lipinski definition) is 0. The van der Waals surface area contributed by atoms with Crippen molar-refractivity contribution in [2.45, 2.75) is 38.1 Å². The topological polar surface area (TPSA) is 38.8 Å². The number of benzene rings is 1. The summed E-state index contributed by atoms with van der Waals surface area (Å²) in [6.07, 6.45) is 5.47. The Hall–Kier alpha value is -2.01. The van der Waals surface area contributed by atoms with Gasteiger partial charge < -0.3 is 14.4 Å². The molecule has 0 N–H and O–H groups in total. The van der Waals surface area contributed by atoms with E-state index in [1.807, 2.05) is 23.1 Å². The normalized spacial score (nSPS) is 19.1. The summed E-state index contributed by atoms with van der Waals surface area (Å²) in [6, 6.07) is 8.07. The summed E-state index contributed by atoms with van der Waals surface area (Å²) in [6.45, 7) is 0.807. The summed E-state index contributed by atoms with van der Waals surface area (Å²) in [5, 5.41) is 0. The maximum Gasteiger partial charge on any atom is 0.264 e. The summed E-state index contributed by atoms with van der Waals surface area (Å²) in [4.78, 5) is 17.4. The minimum atomic E-state index is 0.0743. The molecular weight excluding hydrogens is 334 g/mol. The number of methoxy groups -OCH3 is 2. The van der Waals surface area contributed by atoms with E-state index in [1.165, 1.54) is 16.9 Å². The zero-order valence-corrected chi connectivity index (χ0v) is 15.5. The largest absolute Gasteiger partial charge is 0.497 e. The number of aryl methyl sites for hydroxylation is 2. The number of hydrogen-bond acceptors (Lipinski definition) is 4. The summed E-state index contributed by atoms with van der Waals surface area (Å²) < 4.78 is 10.9. The Kier molecular flexibility index (Phi) is 4.42. The van der Waals surface area contributed by atoms with E-state index in [1.54, 1.807) is 25.6 Å². The van der Waals surface area contributed by atoms with Crippen molar-refractivity contribution in [1.29, 1.82) is 0 Å². The molecule has 1 aliphatic heterocycles. The van der Waals surface area contributed by atoms with E-state index < -0.39 is 0 Å². The average Bonchev–Trinajstić information content (AvgIpc) is 3.35. The minimum Gasteiger partial charge on any atom is -0.497 e. The SMILES string of the molecule is COc1ccc([C@@H]2CCCN2C(=O)c2cc3c(s2)CCC3)c(OC)c1. The summed E-state index contributed by atoms with van der Waals surface area (Å²) in [7, 11) is 3.32. The molecule has 0 saturated carbocycles. The quantitative estimate of drug-likeness (QED) is 0.822. The Labute approximate surface area is 152 Å². The fourth-order valence-electron chi connectivity index (χ4n) is 4.00. The van der Waals surface area contributed by atoms with Gasteiger partial charge >= 0.3 is 0 Å². The number of fused-ring (bicyclic) bond motifs is 1. The second kappa shape index (κ2) is 6.71. The van der Waals surface area contributed by atoms with E-state index in [4.69, 9.17) is 9.47 Å². The first-order chi connectivity index (χ1) is 12.2. The lowest BCUT2D eigenvalue weighted by atomic mass is 10.0. The van der Waals surface area contributed by atoms with Crippen molar-refractivity contribution in [2.24, 2.45) is 0 Å². The van der Waals surface area contributed by atoms with Crippen LogP contribution in [0.3, 0.4) is 0 Å². The van der Waals surface area contributed by atoms with E-state index >= 15 is 0 Å². The maximum atomic E-state index is 13.1. The molecule has 25 heavy (non-hydrogen) atoms. The van der Waals surface area contributed by atoms with Gasteiger partial charge in [-0.3, -0.25) is 4.79 Å². The van der Waals surface area contributed by atoms with Crippen LogP contribution in [0, 0.1) is 0 Å². The van der Waals surface area contributed by atoms with Gasteiger partial charge in [0.15, 0.2) is 0 Å². The van der Waals surface area contributed by atoms with Crippen LogP contribution in [0.1, 0.15) is 51.0 Å². The van der Waals surface area contributed by atoms with Crippen LogP contribution < -0.4 is 9.47 Å². The van der Waals surface area contributed by atoms with E-state index in [0.29, 0.717) is 0 Å². The second-order valence-electron chi connectivity index (χ2n) is 6.68. The van der Waals surface area contributed by atoms with Crippen LogP contribution in [0.15, 0.2) is 24.3 Å². The molecule has 1 atom stereocenters. The summed E-state index contributed by atoms with van der Waals surface area (Å²) >= 11 is 1.69. The fourth-order valence-corrected chi connectivity index (χ4v) is 5.21. The van der Waals surface area contributed by atoms with Crippen LogP contribution in [0.4, 0.5) is 0 Å². The van der Waals surface area contributed by atoms with Gasteiger partial charge in [0.25, 0.3) is 5.91 Å². The first-order valence-corrected chi connectivity index (χ1v) is 9.67. The third-order valence-electron chi connectivity index (χ3n) is 5.27. The lowest BCUT2D eigenvalue weighted by Crippen LogP contribution is -2.30. The van der Waals surface area contributed by atoms with Gasteiger partial charge in [-0.2, -0.15) is 0 Å². The number of likely N-dealkylation sites (tertiary alicyclic amines) is 1. The van der Waals surface area contributed by atoms with Gasteiger partial charge in [-0.05, 0) is 55.9 Å². The first kappa shape index (κ1) is 16.5. The van der Waals surface area contributed by atoms with Gasteiger partial charge in [-0.15, -0.1) is 11.3 Å². The zero-order valence-electron chi connectivity index (χ0n) is 14.7. The molecule has 4 rings (SSSR count). The molecule has 2 heterocycles. The van der Waals surface area contributed by atoms with E-state index in [9.17, 15) is 4.79 Å². The van der Waals surface area contributed by atoms with Crippen molar-refractivity contribution in [3.63, 3.8) is 0 Å². The Bertz CT molecular complexity index is 777. The molecule has 0 unspecified atom stereocenters. The molecule has 5 heteroatoms. The molecular formula is C20H23NO3S. The third-order valence-corrected chi connectivity index (χ3v) is 6.50. The molecule has 2 aromatic rings. The molecule has 0 spiro atoms. The highest BCUT2D eigenvalue weighted by Gasteiger charge is 2.33. The summed E-state index contributed by atoms with van der Waals surface area (Å²) in [5.74, 6) is 1.73. The van der Waals surface area contributed by atoms with Crippen LogP contribution in [0.2, 0.25) is 0 Å². The Morgan fingerprint density at radius 1 is 1.16 bits per heavy atom. The van der Waals surface area contributed by atoms with Gasteiger partial charge in [0.2, 0.25) is 0 Å². The van der Waals surface area contributed by atoms with Gasteiger partial charge in [-0.1, -0.05) is 0 Å². The van der Waals surface area contributed by atoms with E-state index in [-0.39, 0.29) is 11.9 Å². The van der Waals surface area contributed by atoms with Crippen LogP contribution in [0.5, 0.6) is 11.5 Å². The molecule has 4 nitrogen and oxygen atoms in total. The molecule has 1 amide bonds. The van der Waals surface area contributed by atoms with Crippen LogP contribution in [-0.4, -0.2) is 31.6 Å². The smallest absolute Gasteiger partial charge is 0.264 e. The molecule has 2 aliphatic rings. The summed E-state index contributed by atoms with van der Waals surface area (Å²) in [5.41, 5.74) is 2.45. The third kappa shape index (κ3) is 2.91. The molecule has 132 valence electrons. The Morgan fingerprint density at radius 3 is 2.80 bits per heavy atom. The Morgan fingerprint density at radius 2 is 2.04 bits per heavy atom. The predicted octanol–water partition coefficient (Wildman–Crippen LogP) is 4.23. The van der Waals surface area contributed by atoms with Crippen molar-refractivity contribution in [3.05, 3.63) is 45.1 Å². The molecule has 0 bridgehead atoms. The number of rotatable bonds is 4. The molecule has 1 aliphatic carbocycles. The van der Waals surface area contributed by atoms with Gasteiger partial charge in [0, 0.05) is 23.1 Å². The molecule has 1 aromatic carbocycles. The number of ether oxygens (including phenoxy) is 2. The van der Waals surface area contributed by atoms with Crippen molar-refractivity contribution in [2.75, 3.05) is 20.8 Å². The maximum absolute atomic E-state index is 13.1. The molecule has 1 fully saturated rings. The van der Waals surface area contributed by atoms with E-state index in [0.717, 1.165) is 54.2 Å². The number of thiophene rings is 1. The van der Waals surface area contributed by atoms with Crippen molar-refractivity contribution < 1.29 is 14.3 Å². The van der Waals surface area contributed by atoms with Crippen molar-refractivity contribution in [3.8, 4) is 11.5 Å². The highest BCUT2D eigenvalue weighted by atomic mass is 32.1. The van der Waals surface area contributed by atoms with Crippen LogP contribution >= 0.6 is 11.3 Å². The molecule has 1 aromatic heterocycles. The zero-order chi connectivity index (χ0) is 17.4. The lowest BCUT2D eigenvalue weighted by Gasteiger charge is -2.26. The van der Waals surface area contributed by atoms with Gasteiger partial charge in [0.1, 0.15) is 11.5 Å². The number of carbonyl (C=O) groups excluding carboxylic acids is 1. The average molecular weight is 357 g/mol. The second-order valence-corrected chi connectivity index (χ2v) is 7.81. The van der Waals surface area contributed by atoms with Crippen molar-refractivity contribution in [1.82, 2.24) is 4.90 Å². The van der Waals surface area contributed by atoms with Crippen LogP contribution in [0.25, 0.3) is 0 Å². The standard InChI is InChI=1S/C20H23NO3S/c1-23-14-8-9-15(17(12-14)24-2)16-6-4-10-21(16)20(22)19-11-13-5-3-7-18(13)25-19/h8-9,11-12,16H,3-7,10H2,1-2H3/t16-/m0/s1. The predicted molar refractivity (Wildman–Crippen MR) is 98.9 cm³/mol. The lowest BCUT2D eigenvalue weighted by molar-refractivity contribution is 0.0739. The van der Waals surface area contributed by atoms with Crippen LogP contribution in [-0.2, 0) is 12.8 Å². The van der Waals surface area contributed by atoms with Gasteiger partial charge in [0.05, 0.1) is 25.1 Å². The van der Waals surface area contributed by atoms with Gasteiger partial charge in [-0.25, -0.2) is 0 Å². The molecule has 1 saturated heterocycles. The highest BCUT2D eigenvalue weighted by molar-refractivity contribution is 7.14. The fraction of sp³-hybridized carbons (Fsp3) is 0.450. The van der Waals surface area contributed by atoms with E-state index in [2.05, 4.69) is 6.07 Å². The Balaban J connectivity index is 1.63.